The van der Waals surface area contributed by atoms with E-state index < -0.39 is 0 Å². The number of rotatable bonds is 5. The number of carbonyl (C=O) groups is 1. The Morgan fingerprint density at radius 2 is 1.90 bits per heavy atom. The van der Waals surface area contributed by atoms with Gasteiger partial charge in [-0.15, -0.1) is 0 Å². The van der Waals surface area contributed by atoms with Crippen molar-refractivity contribution in [3.05, 3.63) is 42.0 Å². The van der Waals surface area contributed by atoms with E-state index in [1.165, 1.54) is 10.3 Å². The number of aryl methyl sites for hydroxylation is 1. The Hall–Kier alpha value is -3.00. The third-order valence-corrected chi connectivity index (χ3v) is 6.42. The third kappa shape index (κ3) is 4.14. The summed E-state index contributed by atoms with van der Waals surface area (Å²) in [5.74, 6) is 1.25. The first kappa shape index (κ1) is 20.3. The zero-order chi connectivity index (χ0) is 21.1. The Morgan fingerprint density at radius 3 is 2.60 bits per heavy atom. The maximum Gasteiger partial charge on any atom is 0.322 e. The molecule has 0 radical (unpaired) electrons. The van der Waals surface area contributed by atoms with E-state index in [0.29, 0.717) is 30.3 Å². The molecule has 0 bridgehead atoms. The number of benzene rings is 2. The molecule has 2 amide bonds. The second kappa shape index (κ2) is 8.79. The van der Waals surface area contributed by atoms with E-state index in [2.05, 4.69) is 35.3 Å². The molecule has 2 aromatic carbocycles. The molecule has 0 saturated carbocycles. The summed E-state index contributed by atoms with van der Waals surface area (Å²) < 4.78 is 11.8. The lowest BCUT2D eigenvalue weighted by Crippen LogP contribution is -2.50. The van der Waals surface area contributed by atoms with Crippen LogP contribution in [-0.2, 0) is 6.42 Å². The number of ether oxygens (including phenoxy) is 2. The molecule has 4 rings (SSSR count). The molecule has 1 aliphatic rings. The van der Waals surface area contributed by atoms with Gasteiger partial charge in [-0.1, -0.05) is 24.3 Å². The minimum atomic E-state index is -0.130. The van der Waals surface area contributed by atoms with Crippen molar-refractivity contribution in [2.24, 2.45) is 0 Å². The molecule has 8 heteroatoms. The van der Waals surface area contributed by atoms with Gasteiger partial charge in [-0.2, -0.15) is 0 Å². The zero-order valence-electron chi connectivity index (χ0n) is 17.5. The Balaban J connectivity index is 1.39. The van der Waals surface area contributed by atoms with Crippen LogP contribution < -0.4 is 19.7 Å². The fourth-order valence-corrected chi connectivity index (χ4v) is 4.59. The standard InChI is InChI=1S/C22H26N4O3S/c1-4-15-5-7-18-20(13-15)30-22(24-18)26-11-9-25(10-12-26)21(27)23-17-8-6-16(28-2)14-19(17)29-3/h5-8,13-14H,4,9-12H2,1-3H3,(H,23,27). The van der Waals surface area contributed by atoms with Crippen molar-refractivity contribution in [2.75, 3.05) is 50.6 Å². The summed E-state index contributed by atoms with van der Waals surface area (Å²) in [7, 11) is 3.17. The van der Waals surface area contributed by atoms with E-state index in [-0.39, 0.29) is 6.03 Å². The minimum Gasteiger partial charge on any atom is -0.497 e. The highest BCUT2D eigenvalue weighted by atomic mass is 32.1. The van der Waals surface area contributed by atoms with Crippen LogP contribution in [0, 0.1) is 0 Å². The molecule has 7 nitrogen and oxygen atoms in total. The lowest BCUT2D eigenvalue weighted by molar-refractivity contribution is 0.208. The highest BCUT2D eigenvalue weighted by molar-refractivity contribution is 7.22. The van der Waals surface area contributed by atoms with Gasteiger partial charge in [-0.05, 0) is 36.2 Å². The van der Waals surface area contributed by atoms with Crippen LogP contribution in [-0.4, -0.2) is 56.3 Å². The van der Waals surface area contributed by atoms with Crippen LogP contribution in [0.1, 0.15) is 12.5 Å². The number of amides is 2. The predicted octanol–water partition coefficient (Wildman–Crippen LogP) is 4.23. The van der Waals surface area contributed by atoms with Gasteiger partial charge in [0.05, 0.1) is 30.1 Å². The molecular formula is C22H26N4O3S. The van der Waals surface area contributed by atoms with Crippen LogP contribution in [0.15, 0.2) is 36.4 Å². The average Bonchev–Trinajstić information content (AvgIpc) is 3.22. The van der Waals surface area contributed by atoms with E-state index in [9.17, 15) is 4.79 Å². The van der Waals surface area contributed by atoms with Gasteiger partial charge in [-0.3, -0.25) is 0 Å². The molecular weight excluding hydrogens is 400 g/mol. The first-order chi connectivity index (χ1) is 14.6. The zero-order valence-corrected chi connectivity index (χ0v) is 18.3. The number of anilines is 2. The average molecular weight is 427 g/mol. The largest absolute Gasteiger partial charge is 0.497 e. The Kier molecular flexibility index (Phi) is 5.94. The molecule has 1 fully saturated rings. The SMILES string of the molecule is CCc1ccc2nc(N3CCN(C(=O)Nc4ccc(OC)cc4OC)CC3)sc2c1. The molecule has 0 aliphatic carbocycles. The number of thiazole rings is 1. The quantitative estimate of drug-likeness (QED) is 0.661. The second-order valence-corrected chi connectivity index (χ2v) is 8.13. The van der Waals surface area contributed by atoms with Gasteiger partial charge in [-0.25, -0.2) is 9.78 Å². The number of methoxy groups -OCH3 is 2. The number of fused-ring (bicyclic) bond motifs is 1. The number of nitrogens with zero attached hydrogens (tertiary/aromatic N) is 3. The van der Waals surface area contributed by atoms with Crippen LogP contribution in [0.4, 0.5) is 15.6 Å². The van der Waals surface area contributed by atoms with Gasteiger partial charge in [0.2, 0.25) is 0 Å². The molecule has 0 atom stereocenters. The van der Waals surface area contributed by atoms with Crippen molar-refractivity contribution < 1.29 is 14.3 Å². The molecule has 158 valence electrons. The topological polar surface area (TPSA) is 66.9 Å². The molecule has 1 aliphatic heterocycles. The van der Waals surface area contributed by atoms with Crippen LogP contribution in [0.2, 0.25) is 0 Å². The summed E-state index contributed by atoms with van der Waals surface area (Å²) in [6.45, 7) is 4.96. The lowest BCUT2D eigenvalue weighted by atomic mass is 10.2. The summed E-state index contributed by atoms with van der Waals surface area (Å²) in [4.78, 5) is 21.6. The van der Waals surface area contributed by atoms with E-state index in [1.807, 2.05) is 4.90 Å². The van der Waals surface area contributed by atoms with Crippen molar-refractivity contribution in [3.8, 4) is 11.5 Å². The molecule has 1 saturated heterocycles. The maximum absolute atomic E-state index is 12.7. The van der Waals surface area contributed by atoms with Crippen molar-refractivity contribution in [2.45, 2.75) is 13.3 Å². The van der Waals surface area contributed by atoms with Gasteiger partial charge in [0.1, 0.15) is 11.5 Å². The summed E-state index contributed by atoms with van der Waals surface area (Å²) in [5, 5.41) is 3.97. The fourth-order valence-electron chi connectivity index (χ4n) is 3.51. The second-order valence-electron chi connectivity index (χ2n) is 7.12. The van der Waals surface area contributed by atoms with Crippen LogP contribution in [0.3, 0.4) is 0 Å². The smallest absolute Gasteiger partial charge is 0.322 e. The number of piperazine rings is 1. The summed E-state index contributed by atoms with van der Waals surface area (Å²) in [5.41, 5.74) is 3.00. The van der Waals surface area contributed by atoms with Crippen molar-refractivity contribution in [1.82, 2.24) is 9.88 Å². The highest BCUT2D eigenvalue weighted by Gasteiger charge is 2.24. The van der Waals surface area contributed by atoms with Crippen LogP contribution in [0.25, 0.3) is 10.2 Å². The monoisotopic (exact) mass is 426 g/mol. The first-order valence-corrected chi connectivity index (χ1v) is 10.8. The lowest BCUT2D eigenvalue weighted by Gasteiger charge is -2.34. The van der Waals surface area contributed by atoms with Gasteiger partial charge >= 0.3 is 6.03 Å². The molecule has 3 aromatic rings. The van der Waals surface area contributed by atoms with E-state index in [4.69, 9.17) is 14.5 Å². The van der Waals surface area contributed by atoms with Crippen molar-refractivity contribution in [1.29, 1.82) is 0 Å². The molecule has 30 heavy (non-hydrogen) atoms. The minimum absolute atomic E-state index is 0.130. The maximum atomic E-state index is 12.7. The van der Waals surface area contributed by atoms with Crippen molar-refractivity contribution >= 4 is 38.4 Å². The van der Waals surface area contributed by atoms with E-state index in [0.717, 1.165) is 30.2 Å². The predicted molar refractivity (Wildman–Crippen MR) is 121 cm³/mol. The van der Waals surface area contributed by atoms with Crippen LogP contribution >= 0.6 is 11.3 Å². The van der Waals surface area contributed by atoms with Gasteiger partial charge in [0.15, 0.2) is 5.13 Å². The molecule has 2 heterocycles. The number of carbonyl (C=O) groups excluding carboxylic acids is 1. The van der Waals surface area contributed by atoms with Gasteiger partial charge in [0, 0.05) is 32.2 Å². The Bertz CT molecular complexity index is 1040. The number of aromatic nitrogens is 1. The number of hydrogen-bond acceptors (Lipinski definition) is 6. The molecule has 0 unspecified atom stereocenters. The Labute approximate surface area is 180 Å². The summed E-state index contributed by atoms with van der Waals surface area (Å²) in [6.07, 6.45) is 1.02. The summed E-state index contributed by atoms with van der Waals surface area (Å²) in [6, 6.07) is 11.7. The number of hydrogen-bond donors (Lipinski definition) is 1. The Morgan fingerprint density at radius 1 is 1.10 bits per heavy atom. The van der Waals surface area contributed by atoms with E-state index in [1.54, 1.807) is 43.8 Å². The number of nitrogens with one attached hydrogen (secondary N) is 1. The molecule has 1 aromatic heterocycles. The molecule has 1 N–H and O–H groups in total. The van der Waals surface area contributed by atoms with Gasteiger partial charge < -0.3 is 24.6 Å². The van der Waals surface area contributed by atoms with Crippen molar-refractivity contribution in [3.63, 3.8) is 0 Å². The van der Waals surface area contributed by atoms with Gasteiger partial charge in [0.25, 0.3) is 0 Å². The van der Waals surface area contributed by atoms with Crippen LogP contribution in [0.5, 0.6) is 11.5 Å². The molecule has 0 spiro atoms. The first-order valence-electron chi connectivity index (χ1n) is 10.0. The fraction of sp³-hybridized carbons (Fsp3) is 0.364. The normalized spacial score (nSPS) is 14.1. The highest BCUT2D eigenvalue weighted by Crippen LogP contribution is 2.31. The summed E-state index contributed by atoms with van der Waals surface area (Å²) >= 11 is 1.72. The van der Waals surface area contributed by atoms with E-state index >= 15 is 0 Å². The third-order valence-electron chi connectivity index (χ3n) is 5.34. The number of urea groups is 1.